The normalized spacial score (nSPS) is 10.7. The molecule has 0 bridgehead atoms. The van der Waals surface area contributed by atoms with Gasteiger partial charge in [0.1, 0.15) is 0 Å². The number of carbonyl (C=O) groups excluding carboxylic acids is 1. The van der Waals surface area contributed by atoms with E-state index in [0.29, 0.717) is 23.1 Å². The third-order valence-corrected chi connectivity index (χ3v) is 5.79. The highest BCUT2D eigenvalue weighted by Crippen LogP contribution is 2.20. The summed E-state index contributed by atoms with van der Waals surface area (Å²) in [4.78, 5) is 32.1. The smallest absolute Gasteiger partial charge is 0.251 e. The van der Waals surface area contributed by atoms with Crippen molar-refractivity contribution in [3.05, 3.63) is 78.8 Å². The molecule has 134 valence electrons. The predicted octanol–water partition coefficient (Wildman–Crippen LogP) is 3.75. The van der Waals surface area contributed by atoms with Gasteiger partial charge in [-0.1, -0.05) is 45.9 Å². The van der Waals surface area contributed by atoms with Crippen LogP contribution in [0.25, 0.3) is 0 Å². The molecule has 1 aromatic carbocycles. The maximum Gasteiger partial charge on any atom is 0.251 e. The molecule has 0 saturated carbocycles. The first-order chi connectivity index (χ1) is 12.6. The number of thiophene rings is 1. The molecule has 0 radical (unpaired) electrons. The molecule has 0 spiro atoms. The number of benzene rings is 1. The molecule has 0 aliphatic carbocycles. The summed E-state index contributed by atoms with van der Waals surface area (Å²) in [6.07, 6.45) is 0.0845. The van der Waals surface area contributed by atoms with E-state index in [-0.39, 0.29) is 17.9 Å². The lowest BCUT2D eigenvalue weighted by Crippen LogP contribution is -2.25. The summed E-state index contributed by atoms with van der Waals surface area (Å²) in [6.45, 7) is 0.491. The van der Waals surface area contributed by atoms with E-state index in [4.69, 9.17) is 0 Å². The Hall–Kier alpha value is -1.90. The van der Waals surface area contributed by atoms with Gasteiger partial charge >= 0.3 is 0 Å². The minimum Gasteiger partial charge on any atom is -0.351 e. The third-order valence-electron chi connectivity index (χ3n) is 3.44. The van der Waals surface area contributed by atoms with Gasteiger partial charge in [0.2, 0.25) is 5.91 Å². The predicted molar refractivity (Wildman–Crippen MR) is 108 cm³/mol. The molecule has 0 atom stereocenters. The van der Waals surface area contributed by atoms with Crippen molar-refractivity contribution in [1.29, 1.82) is 0 Å². The molecule has 8 heteroatoms. The van der Waals surface area contributed by atoms with Gasteiger partial charge in [0.25, 0.3) is 5.56 Å². The lowest BCUT2D eigenvalue weighted by atomic mass is 10.2. The standard InChI is InChI=1S/C18H16BrN3O2S2/c19-13-5-3-12(4-6-13)11-26-18-21-14(9-17(24)22-18)8-16(23)20-10-15-2-1-7-25-15/h1-7,9H,8,10-11H2,(H,20,23)(H,21,22,24). The largest absolute Gasteiger partial charge is 0.351 e. The fourth-order valence-electron chi connectivity index (χ4n) is 2.20. The van der Waals surface area contributed by atoms with Crippen molar-refractivity contribution < 1.29 is 4.79 Å². The number of hydrogen-bond acceptors (Lipinski definition) is 5. The van der Waals surface area contributed by atoms with Crippen LogP contribution in [0.15, 0.2) is 62.3 Å². The summed E-state index contributed by atoms with van der Waals surface area (Å²) in [5, 5.41) is 5.33. The van der Waals surface area contributed by atoms with Gasteiger partial charge in [-0.3, -0.25) is 9.59 Å². The number of aromatic nitrogens is 2. The minimum atomic E-state index is -0.251. The zero-order valence-corrected chi connectivity index (χ0v) is 16.9. The first-order valence-electron chi connectivity index (χ1n) is 7.85. The molecular formula is C18H16BrN3O2S2. The Balaban J connectivity index is 1.58. The second-order valence-electron chi connectivity index (χ2n) is 5.49. The Bertz CT molecular complexity index is 924. The van der Waals surface area contributed by atoms with Crippen molar-refractivity contribution in [3.8, 4) is 0 Å². The van der Waals surface area contributed by atoms with Crippen LogP contribution in [0.2, 0.25) is 0 Å². The van der Waals surface area contributed by atoms with Crippen LogP contribution in [0.4, 0.5) is 0 Å². The molecule has 5 nitrogen and oxygen atoms in total. The van der Waals surface area contributed by atoms with Gasteiger partial charge in [0.15, 0.2) is 5.16 Å². The zero-order chi connectivity index (χ0) is 18.4. The molecule has 26 heavy (non-hydrogen) atoms. The van der Waals surface area contributed by atoms with Crippen LogP contribution in [-0.2, 0) is 23.5 Å². The lowest BCUT2D eigenvalue weighted by molar-refractivity contribution is -0.120. The highest BCUT2D eigenvalue weighted by molar-refractivity contribution is 9.10. The number of nitrogens with zero attached hydrogens (tertiary/aromatic N) is 1. The molecule has 0 fully saturated rings. The molecule has 0 aliphatic rings. The highest BCUT2D eigenvalue weighted by atomic mass is 79.9. The first kappa shape index (κ1) is 18.9. The van der Waals surface area contributed by atoms with Crippen molar-refractivity contribution in [2.75, 3.05) is 0 Å². The van der Waals surface area contributed by atoms with E-state index >= 15 is 0 Å². The number of thioether (sulfide) groups is 1. The summed E-state index contributed by atoms with van der Waals surface area (Å²) >= 11 is 6.43. The van der Waals surface area contributed by atoms with Gasteiger partial charge in [-0.25, -0.2) is 4.98 Å². The summed E-state index contributed by atoms with van der Waals surface area (Å²) in [7, 11) is 0. The maximum absolute atomic E-state index is 12.1. The average Bonchev–Trinajstić information content (AvgIpc) is 3.13. The number of rotatable bonds is 7. The average molecular weight is 450 g/mol. The fourth-order valence-corrected chi connectivity index (χ4v) is 3.96. The number of hydrogen-bond donors (Lipinski definition) is 2. The van der Waals surface area contributed by atoms with Crippen LogP contribution < -0.4 is 10.9 Å². The fraction of sp³-hybridized carbons (Fsp3) is 0.167. The first-order valence-corrected chi connectivity index (χ1v) is 10.5. The second kappa shape index (κ2) is 9.16. The van der Waals surface area contributed by atoms with Gasteiger partial charge in [-0.15, -0.1) is 11.3 Å². The zero-order valence-electron chi connectivity index (χ0n) is 13.7. The van der Waals surface area contributed by atoms with Crippen molar-refractivity contribution in [2.45, 2.75) is 23.9 Å². The van der Waals surface area contributed by atoms with E-state index < -0.39 is 0 Å². The molecular weight excluding hydrogens is 434 g/mol. The highest BCUT2D eigenvalue weighted by Gasteiger charge is 2.08. The third kappa shape index (κ3) is 5.82. The van der Waals surface area contributed by atoms with Gasteiger partial charge in [-0.05, 0) is 29.1 Å². The summed E-state index contributed by atoms with van der Waals surface area (Å²) in [5.41, 5.74) is 1.34. The van der Waals surface area contributed by atoms with Crippen molar-refractivity contribution in [1.82, 2.24) is 15.3 Å². The van der Waals surface area contributed by atoms with Gasteiger partial charge in [0.05, 0.1) is 18.7 Å². The Labute approximate surface area is 167 Å². The van der Waals surface area contributed by atoms with Crippen LogP contribution in [0.1, 0.15) is 16.1 Å². The van der Waals surface area contributed by atoms with Crippen LogP contribution in [0.3, 0.4) is 0 Å². The monoisotopic (exact) mass is 449 g/mol. The van der Waals surface area contributed by atoms with Gasteiger partial charge in [0, 0.05) is 21.2 Å². The van der Waals surface area contributed by atoms with E-state index in [1.165, 1.54) is 17.8 Å². The minimum absolute atomic E-state index is 0.0845. The SMILES string of the molecule is O=C(Cc1cc(=O)[nH]c(SCc2ccc(Br)cc2)n1)NCc1cccs1. The van der Waals surface area contributed by atoms with Crippen LogP contribution in [0.5, 0.6) is 0 Å². The maximum atomic E-state index is 12.1. The quantitative estimate of drug-likeness (QED) is 0.425. The molecule has 0 aliphatic heterocycles. The molecule has 0 saturated heterocycles. The Kier molecular flexibility index (Phi) is 6.65. The number of aromatic amines is 1. The van der Waals surface area contributed by atoms with Crippen molar-refractivity contribution in [2.24, 2.45) is 0 Å². The number of nitrogens with one attached hydrogen (secondary N) is 2. The van der Waals surface area contributed by atoms with E-state index in [2.05, 4.69) is 31.2 Å². The molecule has 1 amide bonds. The number of amides is 1. The number of carbonyl (C=O) groups is 1. The van der Waals surface area contributed by atoms with Gasteiger partial charge < -0.3 is 10.3 Å². The number of H-pyrrole nitrogens is 1. The molecule has 3 rings (SSSR count). The van der Waals surface area contributed by atoms with Crippen LogP contribution in [0, 0.1) is 0 Å². The van der Waals surface area contributed by atoms with Crippen molar-refractivity contribution in [3.63, 3.8) is 0 Å². The summed E-state index contributed by atoms with van der Waals surface area (Å²) < 4.78 is 1.02. The number of halogens is 1. The van der Waals surface area contributed by atoms with Crippen LogP contribution >= 0.6 is 39.0 Å². The summed E-state index contributed by atoms with van der Waals surface area (Å²) in [6, 6.07) is 13.2. The van der Waals surface area contributed by atoms with Gasteiger partial charge in [-0.2, -0.15) is 0 Å². The van der Waals surface area contributed by atoms with Crippen LogP contribution in [-0.4, -0.2) is 15.9 Å². The molecule has 2 aromatic heterocycles. The molecule has 3 aromatic rings. The lowest BCUT2D eigenvalue weighted by Gasteiger charge is -2.06. The van der Waals surface area contributed by atoms with E-state index in [1.807, 2.05) is 41.8 Å². The topological polar surface area (TPSA) is 74.8 Å². The second-order valence-corrected chi connectivity index (χ2v) is 8.40. The van der Waals surface area contributed by atoms with E-state index in [0.717, 1.165) is 14.9 Å². The molecule has 0 unspecified atom stereocenters. The summed E-state index contributed by atoms with van der Waals surface area (Å²) in [5.74, 6) is 0.532. The van der Waals surface area contributed by atoms with E-state index in [1.54, 1.807) is 11.3 Å². The van der Waals surface area contributed by atoms with E-state index in [9.17, 15) is 9.59 Å². The molecule has 2 heterocycles. The molecule has 2 N–H and O–H groups in total. The Morgan fingerprint density at radius 1 is 1.27 bits per heavy atom. The van der Waals surface area contributed by atoms with Crippen molar-refractivity contribution >= 4 is 44.9 Å². The Morgan fingerprint density at radius 2 is 2.08 bits per heavy atom. The Morgan fingerprint density at radius 3 is 2.81 bits per heavy atom.